The van der Waals surface area contributed by atoms with Crippen LogP contribution in [0.25, 0.3) is 33.4 Å². The lowest BCUT2D eigenvalue weighted by molar-refractivity contribution is 0.108. The Kier molecular flexibility index (Phi) is 13.8. The number of hydrogen-bond acceptors (Lipinski definition) is 8. The van der Waals surface area contributed by atoms with Crippen molar-refractivity contribution >= 4 is 18.0 Å². The summed E-state index contributed by atoms with van der Waals surface area (Å²) in [5, 5.41) is 21.7. The summed E-state index contributed by atoms with van der Waals surface area (Å²) < 4.78 is 47.5. The molecule has 0 amide bonds. The van der Waals surface area contributed by atoms with E-state index in [0.29, 0.717) is 40.0 Å². The molecule has 0 fully saturated rings. The topological polar surface area (TPSA) is 104 Å². The van der Waals surface area contributed by atoms with E-state index in [9.17, 15) is 14.8 Å². The quantitative estimate of drug-likeness (QED) is 0.104. The van der Waals surface area contributed by atoms with Gasteiger partial charge in [0.05, 0.1) is 10.6 Å². The van der Waals surface area contributed by atoms with Crippen LogP contribution in [0.2, 0.25) is 0 Å². The molecule has 1 atom stereocenters. The second-order valence-corrected chi connectivity index (χ2v) is 23.2. The number of aromatic hydroxyl groups is 2. The molecule has 384 valence electrons. The molecule has 0 aliphatic carbocycles. The Morgan fingerprint density at radius 3 is 1.50 bits per heavy atom. The average Bonchev–Trinajstić information content (AvgIpc) is 3.39. The fourth-order valence-corrected chi connectivity index (χ4v) is 12.8. The fourth-order valence-electron chi connectivity index (χ4n) is 10.4. The minimum absolute atomic E-state index is 0.0221. The van der Waals surface area contributed by atoms with Gasteiger partial charge >= 0.3 is 7.37 Å². The van der Waals surface area contributed by atoms with Crippen molar-refractivity contribution in [3.63, 3.8) is 0 Å². The lowest BCUT2D eigenvalue weighted by atomic mass is 9.95. The van der Waals surface area contributed by atoms with Gasteiger partial charge in [-0.05, 0) is 232 Å². The van der Waals surface area contributed by atoms with Crippen LogP contribution in [0.4, 0.5) is 0 Å². The zero-order valence-corrected chi connectivity index (χ0v) is 45.7. The Bertz CT molecular complexity index is 3650. The molecule has 0 spiro atoms. The molecule has 9 heteroatoms. The second kappa shape index (κ2) is 20.5. The summed E-state index contributed by atoms with van der Waals surface area (Å²) in [4.78, 5) is 0. The molecule has 1 unspecified atom stereocenters. The first-order valence-corrected chi connectivity index (χ1v) is 27.3. The molecule has 9 aromatic rings. The van der Waals surface area contributed by atoms with Crippen LogP contribution < -0.4 is 34.1 Å². The number of hydrogen-bond donors (Lipinski definition) is 2. The standard InChI is InChI=1S/C67H63O8P/c1-40-33-55(34-41(2)63(40)69)72-64-42(3)29-52(30-43(64)4)53-31-44(5)65(45(6)32-53)73-56-35-46(7)66(47(8)36-56)74-67(9,10)38-48-19-23-50(24-20-48)51-25-21-49(22-26-51)39-71-60-28-27-54(68)37-62(60)76(70)61-18-14-12-16-58(61)57-15-11-13-17-59(57)75-76/h11-37,68-69H,38-39H2,1-10H3. The van der Waals surface area contributed by atoms with E-state index in [1.807, 2.05) is 86.6 Å². The van der Waals surface area contributed by atoms with E-state index in [1.54, 1.807) is 6.07 Å². The summed E-state index contributed by atoms with van der Waals surface area (Å²) in [6.07, 6.45) is 0.702. The van der Waals surface area contributed by atoms with Gasteiger partial charge in [-0.25, -0.2) is 0 Å². The van der Waals surface area contributed by atoms with Crippen molar-refractivity contribution in [2.45, 2.75) is 87.9 Å². The minimum atomic E-state index is -3.70. The van der Waals surface area contributed by atoms with Gasteiger partial charge in [0, 0.05) is 12.0 Å². The van der Waals surface area contributed by atoms with Crippen molar-refractivity contribution < 1.29 is 38.2 Å². The van der Waals surface area contributed by atoms with Gasteiger partial charge < -0.3 is 33.7 Å². The molecule has 9 aromatic carbocycles. The molecule has 1 aliphatic rings. The molecular weight excluding hydrogens is 964 g/mol. The Morgan fingerprint density at radius 1 is 0.474 bits per heavy atom. The first kappa shape index (κ1) is 51.3. The molecule has 8 nitrogen and oxygen atoms in total. The van der Waals surface area contributed by atoms with Crippen LogP contribution in [0.1, 0.15) is 69.5 Å². The molecule has 0 saturated heterocycles. The van der Waals surface area contributed by atoms with E-state index in [4.69, 9.17) is 23.5 Å². The summed E-state index contributed by atoms with van der Waals surface area (Å²) in [6, 6.07) is 53.1. The zero-order chi connectivity index (χ0) is 53.6. The van der Waals surface area contributed by atoms with Crippen LogP contribution in [0.15, 0.2) is 164 Å². The van der Waals surface area contributed by atoms with E-state index < -0.39 is 13.0 Å². The molecule has 1 heterocycles. The van der Waals surface area contributed by atoms with Crippen molar-refractivity contribution in [1.29, 1.82) is 0 Å². The first-order chi connectivity index (χ1) is 36.3. The van der Waals surface area contributed by atoms with E-state index in [0.717, 1.165) is 112 Å². The van der Waals surface area contributed by atoms with Crippen LogP contribution in [0, 0.1) is 55.4 Å². The van der Waals surface area contributed by atoms with Crippen molar-refractivity contribution in [2.24, 2.45) is 0 Å². The third-order valence-corrected chi connectivity index (χ3v) is 16.6. The lowest BCUT2D eigenvalue weighted by Gasteiger charge is -2.29. The van der Waals surface area contributed by atoms with Gasteiger partial charge in [-0.1, -0.05) is 84.9 Å². The maximum Gasteiger partial charge on any atom is 0.311 e. The fraction of sp³-hybridized carbons (Fsp3) is 0.194. The summed E-state index contributed by atoms with van der Waals surface area (Å²) >= 11 is 0. The number of rotatable bonds is 14. The number of fused-ring (bicyclic) bond motifs is 3. The number of para-hydroxylation sites is 1. The van der Waals surface area contributed by atoms with Crippen molar-refractivity contribution in [3.05, 3.63) is 219 Å². The zero-order valence-electron chi connectivity index (χ0n) is 44.8. The van der Waals surface area contributed by atoms with E-state index >= 15 is 0 Å². The molecule has 0 aromatic heterocycles. The van der Waals surface area contributed by atoms with Crippen LogP contribution in [0.3, 0.4) is 0 Å². The molecule has 10 rings (SSSR count). The van der Waals surface area contributed by atoms with Gasteiger partial charge in [-0.3, -0.25) is 4.57 Å². The van der Waals surface area contributed by atoms with Crippen LogP contribution in [-0.4, -0.2) is 15.8 Å². The average molecular weight is 1030 g/mol. The minimum Gasteiger partial charge on any atom is -0.508 e. The van der Waals surface area contributed by atoms with Gasteiger partial charge in [-0.2, -0.15) is 0 Å². The first-order valence-electron chi connectivity index (χ1n) is 25.6. The Morgan fingerprint density at radius 2 is 0.947 bits per heavy atom. The molecular formula is C67H63O8P. The largest absolute Gasteiger partial charge is 0.508 e. The van der Waals surface area contributed by atoms with Crippen molar-refractivity contribution in [3.8, 4) is 85.1 Å². The van der Waals surface area contributed by atoms with E-state index in [-0.39, 0.29) is 12.4 Å². The van der Waals surface area contributed by atoms with Gasteiger partial charge in [-0.15, -0.1) is 0 Å². The third kappa shape index (κ3) is 10.4. The number of phenolic OH excluding ortho intramolecular Hbond substituents is 2. The van der Waals surface area contributed by atoms with E-state index in [1.165, 1.54) is 12.1 Å². The highest BCUT2D eigenvalue weighted by Gasteiger charge is 2.40. The Balaban J connectivity index is 0.768. The second-order valence-electron chi connectivity index (χ2n) is 20.9. The van der Waals surface area contributed by atoms with Crippen LogP contribution >= 0.6 is 7.37 Å². The third-order valence-electron chi connectivity index (χ3n) is 14.1. The highest BCUT2D eigenvalue weighted by Crippen LogP contribution is 2.55. The molecule has 2 N–H and O–H groups in total. The Labute approximate surface area is 446 Å². The summed E-state index contributed by atoms with van der Waals surface area (Å²) in [5.74, 6) is 5.15. The summed E-state index contributed by atoms with van der Waals surface area (Å²) in [5.41, 5.74) is 15.4. The number of phenols is 2. The maximum atomic E-state index is 15.0. The molecule has 0 bridgehead atoms. The van der Waals surface area contributed by atoms with Gasteiger partial charge in [0.25, 0.3) is 0 Å². The molecule has 0 saturated carbocycles. The predicted octanol–water partition coefficient (Wildman–Crippen LogP) is 16.8. The van der Waals surface area contributed by atoms with Crippen molar-refractivity contribution in [2.75, 3.05) is 0 Å². The lowest BCUT2D eigenvalue weighted by Crippen LogP contribution is -2.31. The monoisotopic (exact) mass is 1030 g/mol. The smallest absolute Gasteiger partial charge is 0.311 e. The number of aryl methyl sites for hydroxylation is 8. The van der Waals surface area contributed by atoms with E-state index in [2.05, 4.69) is 128 Å². The van der Waals surface area contributed by atoms with Crippen molar-refractivity contribution in [1.82, 2.24) is 0 Å². The van der Waals surface area contributed by atoms with Crippen LogP contribution in [-0.2, 0) is 17.6 Å². The van der Waals surface area contributed by atoms with Gasteiger partial charge in [0.1, 0.15) is 64.0 Å². The highest BCUT2D eigenvalue weighted by molar-refractivity contribution is 7.75. The van der Waals surface area contributed by atoms with Gasteiger partial charge in [0.2, 0.25) is 0 Å². The SMILES string of the molecule is Cc1cc(Oc2c(C)cc(-c3cc(C)c(Oc4cc(C)c(OC(C)(C)Cc5ccc(-c6ccc(COc7ccc(O)cc7P7(=O)Oc8ccccc8-c8ccccc87)cc6)cc5)c(C)c4)c(C)c3)cc2C)cc(C)c1O. The highest BCUT2D eigenvalue weighted by atomic mass is 31.2. The normalized spacial score (nSPS) is 13.8. The maximum absolute atomic E-state index is 15.0. The summed E-state index contributed by atoms with van der Waals surface area (Å²) in [6.45, 7) is 20.7. The Hall–Kier alpha value is -8.19. The van der Waals surface area contributed by atoms with Crippen LogP contribution in [0.5, 0.6) is 51.7 Å². The molecule has 76 heavy (non-hydrogen) atoms. The molecule has 0 radical (unpaired) electrons. The van der Waals surface area contributed by atoms with Gasteiger partial charge in [0.15, 0.2) is 0 Å². The molecule has 1 aliphatic heterocycles. The summed E-state index contributed by atoms with van der Waals surface area (Å²) in [7, 11) is -3.70. The number of ether oxygens (including phenoxy) is 4. The predicted molar refractivity (Wildman–Crippen MR) is 307 cm³/mol. The number of benzene rings is 9.